The molecule has 174 valence electrons. The van der Waals surface area contributed by atoms with E-state index in [4.69, 9.17) is 9.47 Å². The Morgan fingerprint density at radius 3 is 2.58 bits per heavy atom. The molecule has 0 amide bonds. The molecule has 0 aromatic heterocycles. The highest BCUT2D eigenvalue weighted by molar-refractivity contribution is 5.79. The molecular weight excluding hydrogens is 390 g/mol. The number of rotatable bonds is 10. The van der Waals surface area contributed by atoms with Crippen molar-refractivity contribution < 1.29 is 9.47 Å². The molecule has 0 saturated carbocycles. The zero-order chi connectivity index (χ0) is 21.9. The number of aliphatic imine (C=N–C) groups is 1. The second-order valence-corrected chi connectivity index (χ2v) is 8.65. The van der Waals surface area contributed by atoms with Crippen LogP contribution in [0.15, 0.2) is 29.3 Å². The number of ether oxygens (including phenoxy) is 2. The van der Waals surface area contributed by atoms with E-state index >= 15 is 0 Å². The Morgan fingerprint density at radius 1 is 1.13 bits per heavy atom. The molecule has 2 heterocycles. The van der Waals surface area contributed by atoms with Crippen LogP contribution in [-0.4, -0.2) is 89.4 Å². The van der Waals surface area contributed by atoms with E-state index in [0.29, 0.717) is 12.0 Å². The molecule has 1 aromatic rings. The molecule has 7 nitrogen and oxygen atoms in total. The summed E-state index contributed by atoms with van der Waals surface area (Å²) in [5.41, 5.74) is 1.30. The van der Waals surface area contributed by atoms with Gasteiger partial charge in [0, 0.05) is 33.8 Å². The molecule has 7 heteroatoms. The lowest BCUT2D eigenvalue weighted by Gasteiger charge is -2.32. The Hall–Kier alpha value is -1.83. The van der Waals surface area contributed by atoms with E-state index in [-0.39, 0.29) is 0 Å². The quantitative estimate of drug-likeness (QED) is 0.438. The number of nitrogens with one attached hydrogen (secondary N) is 2. The molecule has 31 heavy (non-hydrogen) atoms. The van der Waals surface area contributed by atoms with Gasteiger partial charge in [0.15, 0.2) is 5.96 Å². The zero-order valence-corrected chi connectivity index (χ0v) is 19.6. The Morgan fingerprint density at radius 2 is 1.90 bits per heavy atom. The van der Waals surface area contributed by atoms with Gasteiger partial charge in [0.05, 0.1) is 19.8 Å². The second-order valence-electron chi connectivity index (χ2n) is 8.65. The van der Waals surface area contributed by atoms with Gasteiger partial charge >= 0.3 is 0 Å². The third kappa shape index (κ3) is 7.37. The van der Waals surface area contributed by atoms with Crippen LogP contribution in [0.2, 0.25) is 0 Å². The minimum Gasteiger partial charge on any atom is -0.497 e. The Labute approximate surface area is 188 Å². The van der Waals surface area contributed by atoms with Crippen LogP contribution < -0.4 is 15.4 Å². The summed E-state index contributed by atoms with van der Waals surface area (Å²) in [4.78, 5) is 9.55. The third-order valence-corrected chi connectivity index (χ3v) is 6.62. The van der Waals surface area contributed by atoms with Crippen LogP contribution in [0.4, 0.5) is 0 Å². The van der Waals surface area contributed by atoms with E-state index in [9.17, 15) is 0 Å². The van der Waals surface area contributed by atoms with Crippen LogP contribution in [0.25, 0.3) is 0 Å². The number of methoxy groups -OCH3 is 2. The van der Waals surface area contributed by atoms with Crippen molar-refractivity contribution in [2.45, 2.75) is 31.7 Å². The molecule has 0 spiro atoms. The summed E-state index contributed by atoms with van der Waals surface area (Å²) in [6, 6.07) is 8.79. The largest absolute Gasteiger partial charge is 0.497 e. The first-order chi connectivity index (χ1) is 15.2. The van der Waals surface area contributed by atoms with Gasteiger partial charge in [-0.25, -0.2) is 0 Å². The first-order valence-electron chi connectivity index (χ1n) is 11.8. The smallest absolute Gasteiger partial charge is 0.191 e. The van der Waals surface area contributed by atoms with Crippen LogP contribution in [0, 0.1) is 5.92 Å². The van der Waals surface area contributed by atoms with E-state index in [1.54, 1.807) is 14.2 Å². The maximum atomic E-state index is 5.46. The standard InChI is InChI=1S/C24H41N5O2/c1-25-24(26-18-20-9-13-28(14-10-20)15-16-30-2)27-19-23(29-11-4-5-12-29)21-7-6-8-22(17-21)31-3/h6-8,17,20,23H,4-5,9-16,18-19H2,1-3H3,(H2,25,26,27). The van der Waals surface area contributed by atoms with Crippen molar-refractivity contribution in [1.29, 1.82) is 0 Å². The number of piperidine rings is 1. The van der Waals surface area contributed by atoms with Gasteiger partial charge in [-0.15, -0.1) is 0 Å². The molecular formula is C24H41N5O2. The van der Waals surface area contributed by atoms with Crippen molar-refractivity contribution in [2.75, 3.05) is 73.7 Å². The fourth-order valence-electron chi connectivity index (χ4n) is 4.65. The summed E-state index contributed by atoms with van der Waals surface area (Å²) in [7, 11) is 5.37. The lowest BCUT2D eigenvalue weighted by molar-refractivity contribution is 0.121. The maximum Gasteiger partial charge on any atom is 0.191 e. The molecule has 3 rings (SSSR count). The summed E-state index contributed by atoms with van der Waals surface area (Å²) in [5, 5.41) is 7.16. The lowest BCUT2D eigenvalue weighted by Crippen LogP contribution is -2.45. The summed E-state index contributed by atoms with van der Waals surface area (Å²) in [6.45, 7) is 8.30. The molecule has 2 aliphatic heterocycles. The highest BCUT2D eigenvalue weighted by Crippen LogP contribution is 2.27. The highest BCUT2D eigenvalue weighted by atomic mass is 16.5. The van der Waals surface area contributed by atoms with Crippen LogP contribution in [0.5, 0.6) is 5.75 Å². The molecule has 0 bridgehead atoms. The monoisotopic (exact) mass is 431 g/mol. The molecule has 1 atom stereocenters. The third-order valence-electron chi connectivity index (χ3n) is 6.62. The molecule has 2 aliphatic rings. The number of guanidine groups is 1. The highest BCUT2D eigenvalue weighted by Gasteiger charge is 2.24. The van der Waals surface area contributed by atoms with E-state index in [1.165, 1.54) is 31.2 Å². The average molecular weight is 432 g/mol. The van der Waals surface area contributed by atoms with Gasteiger partial charge < -0.3 is 25.0 Å². The van der Waals surface area contributed by atoms with Crippen LogP contribution in [0.1, 0.15) is 37.3 Å². The van der Waals surface area contributed by atoms with Crippen molar-refractivity contribution in [1.82, 2.24) is 20.4 Å². The molecule has 2 saturated heterocycles. The van der Waals surface area contributed by atoms with Gasteiger partial charge in [-0.05, 0) is 75.5 Å². The van der Waals surface area contributed by atoms with Gasteiger partial charge in [-0.3, -0.25) is 9.89 Å². The van der Waals surface area contributed by atoms with Gasteiger partial charge in [0.25, 0.3) is 0 Å². The van der Waals surface area contributed by atoms with Crippen LogP contribution >= 0.6 is 0 Å². The fraction of sp³-hybridized carbons (Fsp3) is 0.708. The Bertz CT molecular complexity index is 670. The SMILES string of the molecule is CN=C(NCC1CCN(CCOC)CC1)NCC(c1cccc(OC)c1)N1CCCC1. The number of likely N-dealkylation sites (tertiary alicyclic amines) is 2. The van der Waals surface area contributed by atoms with Gasteiger partial charge in [-0.2, -0.15) is 0 Å². The zero-order valence-electron chi connectivity index (χ0n) is 19.6. The van der Waals surface area contributed by atoms with Crippen molar-refractivity contribution in [2.24, 2.45) is 10.9 Å². The lowest BCUT2D eigenvalue weighted by atomic mass is 9.97. The minimum atomic E-state index is 0.320. The predicted octanol–water partition coefficient (Wildman–Crippen LogP) is 2.36. The number of benzene rings is 1. The van der Waals surface area contributed by atoms with Crippen molar-refractivity contribution in [3.05, 3.63) is 29.8 Å². The minimum absolute atomic E-state index is 0.320. The Balaban J connectivity index is 1.49. The predicted molar refractivity (Wildman–Crippen MR) is 127 cm³/mol. The molecule has 1 aromatic carbocycles. The molecule has 2 N–H and O–H groups in total. The summed E-state index contributed by atoms with van der Waals surface area (Å²) >= 11 is 0. The second kappa shape index (κ2) is 12.9. The van der Waals surface area contributed by atoms with Gasteiger partial charge in [0.2, 0.25) is 0 Å². The normalized spacial score (nSPS) is 20.0. The summed E-state index contributed by atoms with van der Waals surface area (Å²) in [5.74, 6) is 2.51. The molecule has 0 radical (unpaired) electrons. The van der Waals surface area contributed by atoms with Crippen LogP contribution in [-0.2, 0) is 4.74 Å². The average Bonchev–Trinajstić information content (AvgIpc) is 3.35. The molecule has 1 unspecified atom stereocenters. The molecule has 2 fully saturated rings. The van der Waals surface area contributed by atoms with Crippen LogP contribution in [0.3, 0.4) is 0 Å². The number of hydrogen-bond donors (Lipinski definition) is 2. The van der Waals surface area contributed by atoms with Crippen molar-refractivity contribution >= 4 is 5.96 Å². The fourth-order valence-corrected chi connectivity index (χ4v) is 4.65. The first-order valence-corrected chi connectivity index (χ1v) is 11.8. The maximum absolute atomic E-state index is 5.46. The van der Waals surface area contributed by atoms with E-state index in [2.05, 4.69) is 43.6 Å². The van der Waals surface area contributed by atoms with Crippen molar-refractivity contribution in [3.8, 4) is 5.75 Å². The first kappa shape index (κ1) is 23.8. The van der Waals surface area contributed by atoms with Gasteiger partial charge in [0.1, 0.15) is 5.75 Å². The molecule has 0 aliphatic carbocycles. The summed E-state index contributed by atoms with van der Waals surface area (Å²) < 4.78 is 10.7. The van der Waals surface area contributed by atoms with E-state index < -0.39 is 0 Å². The number of hydrogen-bond acceptors (Lipinski definition) is 5. The van der Waals surface area contributed by atoms with E-state index in [1.807, 2.05) is 13.1 Å². The topological polar surface area (TPSA) is 61.4 Å². The van der Waals surface area contributed by atoms with E-state index in [0.717, 1.165) is 64.1 Å². The number of nitrogens with zero attached hydrogens (tertiary/aromatic N) is 3. The van der Waals surface area contributed by atoms with Gasteiger partial charge in [-0.1, -0.05) is 12.1 Å². The van der Waals surface area contributed by atoms with Crippen molar-refractivity contribution in [3.63, 3.8) is 0 Å². The Kier molecular flexibility index (Phi) is 9.90. The summed E-state index contributed by atoms with van der Waals surface area (Å²) in [6.07, 6.45) is 5.01.